The molecule has 0 aromatic heterocycles. The summed E-state index contributed by atoms with van der Waals surface area (Å²) in [6.45, 7) is 1.39. The van der Waals surface area contributed by atoms with Gasteiger partial charge in [-0.1, -0.05) is 72.8 Å². The largest absolute Gasteiger partial charge is 0.349 e. The molecule has 1 atom stereocenters. The Morgan fingerprint density at radius 2 is 1.44 bits per heavy atom. The molecule has 0 aliphatic heterocycles. The van der Waals surface area contributed by atoms with Crippen molar-refractivity contribution in [3.05, 3.63) is 102 Å². The fraction of sp³-hybridized carbons (Fsp3) is 0.200. The van der Waals surface area contributed by atoms with Crippen LogP contribution in [0.3, 0.4) is 0 Å². The number of carbonyl (C=O) groups is 2. The third-order valence-electron chi connectivity index (χ3n) is 5.04. The number of benzene rings is 3. The van der Waals surface area contributed by atoms with Gasteiger partial charge < -0.3 is 5.32 Å². The van der Waals surface area contributed by atoms with Crippen LogP contribution in [0, 0.1) is 0 Å². The van der Waals surface area contributed by atoms with Gasteiger partial charge in [0, 0.05) is 18.5 Å². The van der Waals surface area contributed by atoms with Crippen molar-refractivity contribution >= 4 is 21.7 Å². The number of amides is 1. The molecule has 1 unspecified atom stereocenters. The lowest BCUT2D eigenvalue weighted by Gasteiger charge is -2.20. The Kier molecular flexibility index (Phi) is 7.92. The Balaban J connectivity index is 1.59. The molecule has 0 radical (unpaired) electrons. The maximum atomic E-state index is 12.6. The number of hydrogen-bond acceptors (Lipinski definition) is 4. The van der Waals surface area contributed by atoms with E-state index >= 15 is 0 Å². The van der Waals surface area contributed by atoms with E-state index in [1.165, 1.54) is 31.2 Å². The van der Waals surface area contributed by atoms with E-state index in [-0.39, 0.29) is 35.6 Å². The lowest BCUT2D eigenvalue weighted by molar-refractivity contribution is -0.121. The number of ketones is 1. The van der Waals surface area contributed by atoms with Gasteiger partial charge in [0.05, 0.1) is 10.9 Å². The Labute approximate surface area is 188 Å². The van der Waals surface area contributed by atoms with Crippen molar-refractivity contribution < 1.29 is 18.0 Å². The van der Waals surface area contributed by atoms with E-state index in [9.17, 15) is 18.0 Å². The second-order valence-electron chi connectivity index (χ2n) is 7.45. The third-order valence-corrected chi connectivity index (χ3v) is 6.51. The Hall–Kier alpha value is -3.29. The summed E-state index contributed by atoms with van der Waals surface area (Å²) in [6, 6.07) is 25.0. The fourth-order valence-electron chi connectivity index (χ4n) is 3.30. The Morgan fingerprint density at radius 3 is 2.03 bits per heavy atom. The molecule has 166 valence electrons. The summed E-state index contributed by atoms with van der Waals surface area (Å²) in [5.74, 6) is -0.383. The molecular formula is C25H26N2O4S. The van der Waals surface area contributed by atoms with Crippen LogP contribution in [0.25, 0.3) is 0 Å². The molecule has 0 spiro atoms. The minimum absolute atomic E-state index is 0.00286. The van der Waals surface area contributed by atoms with Crippen LogP contribution in [0.15, 0.2) is 89.8 Å². The van der Waals surface area contributed by atoms with Crippen LogP contribution >= 0.6 is 0 Å². The van der Waals surface area contributed by atoms with E-state index in [0.29, 0.717) is 12.0 Å². The number of sulfonamides is 1. The highest BCUT2D eigenvalue weighted by Gasteiger charge is 2.17. The molecule has 0 fully saturated rings. The molecule has 0 saturated heterocycles. The van der Waals surface area contributed by atoms with Crippen LogP contribution in [0.5, 0.6) is 0 Å². The van der Waals surface area contributed by atoms with Crippen LogP contribution < -0.4 is 10.0 Å². The first-order chi connectivity index (χ1) is 15.3. The molecule has 7 heteroatoms. The van der Waals surface area contributed by atoms with Gasteiger partial charge in [0.25, 0.3) is 0 Å². The van der Waals surface area contributed by atoms with Gasteiger partial charge in [-0.15, -0.1) is 0 Å². The van der Waals surface area contributed by atoms with Crippen molar-refractivity contribution in [1.82, 2.24) is 10.0 Å². The van der Waals surface area contributed by atoms with E-state index in [4.69, 9.17) is 0 Å². The number of rotatable bonds is 10. The number of hydrogen-bond donors (Lipinski definition) is 2. The average molecular weight is 451 g/mol. The van der Waals surface area contributed by atoms with Crippen molar-refractivity contribution in [2.75, 3.05) is 6.54 Å². The van der Waals surface area contributed by atoms with Crippen molar-refractivity contribution in [2.45, 2.75) is 30.7 Å². The molecule has 0 heterocycles. The highest BCUT2D eigenvalue weighted by molar-refractivity contribution is 7.89. The summed E-state index contributed by atoms with van der Waals surface area (Å²) in [5, 5.41) is 3.02. The van der Waals surface area contributed by atoms with Crippen molar-refractivity contribution in [3.8, 4) is 0 Å². The van der Waals surface area contributed by atoms with E-state index < -0.39 is 10.0 Å². The molecule has 6 nitrogen and oxygen atoms in total. The standard InChI is InChI=1S/C25H26N2O4S/c1-19(28)21-12-14-23(15-13-21)32(30,31)26-17-16-25(29)27-24(22-10-6-3-7-11-22)18-20-8-4-2-5-9-20/h2-15,24,26H,16-18H2,1H3,(H,27,29). The van der Waals surface area contributed by atoms with Crippen LogP contribution in [0.2, 0.25) is 0 Å². The van der Waals surface area contributed by atoms with E-state index in [1.807, 2.05) is 60.7 Å². The summed E-state index contributed by atoms with van der Waals surface area (Å²) in [4.78, 5) is 24.0. The zero-order valence-corrected chi connectivity index (χ0v) is 18.6. The molecule has 0 aliphatic carbocycles. The smallest absolute Gasteiger partial charge is 0.240 e. The van der Waals surface area contributed by atoms with E-state index in [1.54, 1.807) is 0 Å². The number of Topliss-reactive ketones (excluding diaryl/α,β-unsaturated/α-hetero) is 1. The first kappa shape index (κ1) is 23.4. The Bertz CT molecular complexity index is 1150. The second-order valence-corrected chi connectivity index (χ2v) is 9.22. The molecule has 2 N–H and O–H groups in total. The summed E-state index contributed by atoms with van der Waals surface area (Å²) in [5.41, 5.74) is 2.51. The van der Waals surface area contributed by atoms with Gasteiger partial charge in [-0.2, -0.15) is 0 Å². The minimum Gasteiger partial charge on any atom is -0.349 e. The van der Waals surface area contributed by atoms with Gasteiger partial charge in [0.1, 0.15) is 0 Å². The zero-order chi connectivity index (χ0) is 23.0. The van der Waals surface area contributed by atoms with Gasteiger partial charge in [-0.05, 0) is 36.6 Å². The monoisotopic (exact) mass is 450 g/mol. The first-order valence-corrected chi connectivity index (χ1v) is 11.8. The zero-order valence-electron chi connectivity index (χ0n) is 17.8. The molecule has 0 bridgehead atoms. The van der Waals surface area contributed by atoms with Crippen LogP contribution in [0.4, 0.5) is 0 Å². The molecule has 3 aromatic rings. The van der Waals surface area contributed by atoms with Gasteiger partial charge in [-0.3, -0.25) is 9.59 Å². The minimum atomic E-state index is -3.77. The number of carbonyl (C=O) groups excluding carboxylic acids is 2. The van der Waals surface area contributed by atoms with Crippen LogP contribution in [-0.2, 0) is 21.2 Å². The lowest BCUT2D eigenvalue weighted by Crippen LogP contribution is -2.33. The van der Waals surface area contributed by atoms with Crippen molar-refractivity contribution in [3.63, 3.8) is 0 Å². The average Bonchev–Trinajstić information content (AvgIpc) is 2.80. The molecule has 0 saturated carbocycles. The van der Waals surface area contributed by atoms with Gasteiger partial charge in [0.15, 0.2) is 5.78 Å². The van der Waals surface area contributed by atoms with Crippen LogP contribution in [-0.4, -0.2) is 26.7 Å². The highest BCUT2D eigenvalue weighted by Crippen LogP contribution is 2.18. The maximum Gasteiger partial charge on any atom is 0.240 e. The molecule has 3 rings (SSSR count). The quantitative estimate of drug-likeness (QED) is 0.461. The SMILES string of the molecule is CC(=O)c1ccc(S(=O)(=O)NCCC(=O)NC(Cc2ccccc2)c2ccccc2)cc1. The van der Waals surface area contributed by atoms with Crippen molar-refractivity contribution in [1.29, 1.82) is 0 Å². The first-order valence-electron chi connectivity index (χ1n) is 10.3. The molecule has 3 aromatic carbocycles. The number of nitrogens with one attached hydrogen (secondary N) is 2. The fourth-order valence-corrected chi connectivity index (χ4v) is 4.34. The Morgan fingerprint density at radius 1 is 0.844 bits per heavy atom. The third kappa shape index (κ3) is 6.60. The summed E-state index contributed by atoms with van der Waals surface area (Å²) >= 11 is 0. The summed E-state index contributed by atoms with van der Waals surface area (Å²) in [7, 11) is -3.77. The lowest BCUT2D eigenvalue weighted by atomic mass is 9.98. The van der Waals surface area contributed by atoms with E-state index in [2.05, 4.69) is 10.0 Å². The normalized spacial score (nSPS) is 12.2. The molecule has 0 aliphatic rings. The summed E-state index contributed by atoms with van der Waals surface area (Å²) in [6.07, 6.45) is 0.633. The molecule has 1 amide bonds. The van der Waals surface area contributed by atoms with Crippen LogP contribution in [0.1, 0.15) is 40.9 Å². The predicted molar refractivity (Wildman–Crippen MR) is 124 cm³/mol. The van der Waals surface area contributed by atoms with Gasteiger partial charge in [0.2, 0.25) is 15.9 Å². The summed E-state index contributed by atoms with van der Waals surface area (Å²) < 4.78 is 27.3. The second kappa shape index (κ2) is 10.8. The predicted octanol–water partition coefficient (Wildman–Crippen LogP) is 3.66. The van der Waals surface area contributed by atoms with Crippen molar-refractivity contribution in [2.24, 2.45) is 0 Å². The molecular weight excluding hydrogens is 424 g/mol. The van der Waals surface area contributed by atoms with Gasteiger partial charge in [-0.25, -0.2) is 13.1 Å². The maximum absolute atomic E-state index is 12.6. The van der Waals surface area contributed by atoms with Gasteiger partial charge >= 0.3 is 0 Å². The molecule has 32 heavy (non-hydrogen) atoms. The topological polar surface area (TPSA) is 92.3 Å². The highest BCUT2D eigenvalue weighted by atomic mass is 32.2. The van der Waals surface area contributed by atoms with E-state index in [0.717, 1.165) is 11.1 Å².